The molecular formula is C27H35FN4O3. The molecule has 3 saturated heterocycles. The highest BCUT2D eigenvalue weighted by atomic mass is 19.1. The average Bonchev–Trinajstić information content (AvgIpc) is 3.44. The van der Waals surface area contributed by atoms with E-state index in [1.807, 2.05) is 11.7 Å². The first-order valence-electron chi connectivity index (χ1n) is 12.9. The SMILES string of the molecule is Cn1nc(-c2ccc(F)cc2)cc1[C@H]1C[NH+]2CC[C@H]1C[C@@H]2CNC(=O)CC1(CC(=O)[O-])CCCC1. The summed E-state index contributed by atoms with van der Waals surface area (Å²) >= 11 is 0. The first-order chi connectivity index (χ1) is 16.8. The Bertz CT molecular complexity index is 1080. The number of amides is 1. The Morgan fingerprint density at radius 2 is 1.97 bits per heavy atom. The van der Waals surface area contributed by atoms with Crippen LogP contribution in [0.4, 0.5) is 4.39 Å². The van der Waals surface area contributed by atoms with E-state index >= 15 is 0 Å². The number of halogens is 1. The van der Waals surface area contributed by atoms with E-state index in [9.17, 15) is 19.1 Å². The molecule has 1 unspecified atom stereocenters. The molecule has 4 heterocycles. The number of hydrogen-bond acceptors (Lipinski definition) is 4. The molecule has 1 saturated carbocycles. The number of nitrogens with zero attached hydrogens (tertiary/aromatic N) is 2. The van der Waals surface area contributed by atoms with Gasteiger partial charge in [0.25, 0.3) is 0 Å². The van der Waals surface area contributed by atoms with Crippen molar-refractivity contribution < 1.29 is 24.0 Å². The van der Waals surface area contributed by atoms with Gasteiger partial charge in [-0.15, -0.1) is 0 Å². The molecule has 4 atom stereocenters. The maximum atomic E-state index is 13.3. The largest absolute Gasteiger partial charge is 0.550 e. The van der Waals surface area contributed by atoms with E-state index in [2.05, 4.69) is 11.4 Å². The van der Waals surface area contributed by atoms with E-state index in [0.29, 0.717) is 24.4 Å². The lowest BCUT2D eigenvalue weighted by atomic mass is 9.74. The molecule has 4 fully saturated rings. The molecule has 1 aromatic carbocycles. The van der Waals surface area contributed by atoms with Crippen LogP contribution in [0.25, 0.3) is 11.3 Å². The van der Waals surface area contributed by atoms with Crippen LogP contribution >= 0.6 is 0 Å². The van der Waals surface area contributed by atoms with Crippen molar-refractivity contribution in [1.29, 1.82) is 0 Å². The lowest BCUT2D eigenvalue weighted by Gasteiger charge is -2.47. The molecule has 0 spiro atoms. The first kappa shape index (κ1) is 24.0. The van der Waals surface area contributed by atoms with E-state index in [1.165, 1.54) is 22.7 Å². The number of rotatable bonds is 8. The van der Waals surface area contributed by atoms with Gasteiger partial charge in [0.05, 0.1) is 31.2 Å². The summed E-state index contributed by atoms with van der Waals surface area (Å²) in [5.74, 6) is -0.361. The lowest BCUT2D eigenvalue weighted by molar-refractivity contribution is -0.942. The number of hydrogen-bond donors (Lipinski definition) is 2. The fraction of sp³-hybridized carbons (Fsp3) is 0.593. The molecule has 6 rings (SSSR count). The first-order valence-corrected chi connectivity index (χ1v) is 12.9. The Balaban J connectivity index is 1.19. The van der Waals surface area contributed by atoms with Crippen molar-refractivity contribution in [2.45, 2.75) is 63.3 Å². The summed E-state index contributed by atoms with van der Waals surface area (Å²) in [6.07, 6.45) is 6.05. The molecule has 1 aliphatic carbocycles. The van der Waals surface area contributed by atoms with Gasteiger partial charge in [-0.05, 0) is 60.9 Å². The van der Waals surface area contributed by atoms with Gasteiger partial charge in [-0.25, -0.2) is 4.39 Å². The van der Waals surface area contributed by atoms with Crippen LogP contribution in [-0.4, -0.2) is 47.3 Å². The minimum absolute atomic E-state index is 0.0183. The molecule has 1 aromatic heterocycles. The Kier molecular flexibility index (Phi) is 6.66. The predicted octanol–water partition coefficient (Wildman–Crippen LogP) is 1.19. The number of carbonyl (C=O) groups excluding carboxylic acids is 2. The third kappa shape index (κ3) is 5.13. The number of carbonyl (C=O) groups is 2. The van der Waals surface area contributed by atoms with Crippen LogP contribution in [0.2, 0.25) is 0 Å². The van der Waals surface area contributed by atoms with Crippen molar-refractivity contribution in [3.05, 3.63) is 41.8 Å². The molecule has 3 aliphatic heterocycles. The van der Waals surface area contributed by atoms with Gasteiger partial charge in [-0.2, -0.15) is 5.10 Å². The van der Waals surface area contributed by atoms with E-state index in [1.54, 1.807) is 12.1 Å². The second kappa shape index (κ2) is 9.72. The van der Waals surface area contributed by atoms with Crippen LogP contribution in [0.3, 0.4) is 0 Å². The average molecular weight is 483 g/mol. The van der Waals surface area contributed by atoms with Gasteiger partial charge >= 0.3 is 0 Å². The summed E-state index contributed by atoms with van der Waals surface area (Å²) in [5.41, 5.74) is 2.59. The molecular weight excluding hydrogens is 447 g/mol. The Hall–Kier alpha value is -2.74. The van der Waals surface area contributed by atoms with Gasteiger partial charge < -0.3 is 20.1 Å². The van der Waals surface area contributed by atoms with Gasteiger partial charge in [0, 0.05) is 43.5 Å². The number of carboxylic acids is 1. The van der Waals surface area contributed by atoms with Crippen LogP contribution in [0.1, 0.15) is 63.0 Å². The monoisotopic (exact) mass is 482 g/mol. The zero-order valence-corrected chi connectivity index (χ0v) is 20.4. The van der Waals surface area contributed by atoms with Gasteiger partial charge in [-0.1, -0.05) is 12.8 Å². The summed E-state index contributed by atoms with van der Waals surface area (Å²) in [7, 11) is 1.98. The maximum absolute atomic E-state index is 13.3. The third-order valence-electron chi connectivity index (χ3n) is 8.75. The zero-order chi connectivity index (χ0) is 24.6. The summed E-state index contributed by atoms with van der Waals surface area (Å²) in [5, 5.41) is 19.1. The number of nitrogens with one attached hydrogen (secondary N) is 2. The van der Waals surface area contributed by atoms with E-state index < -0.39 is 11.4 Å². The van der Waals surface area contributed by atoms with Crippen LogP contribution in [0.15, 0.2) is 30.3 Å². The number of quaternary nitrogens is 1. The standard InChI is InChI=1S/C27H35FN4O3/c1-31-24(13-23(30-31)18-4-6-20(28)7-5-18)22-17-32-11-8-19(22)12-21(32)16-29-25(33)14-27(15-26(34)35)9-2-3-10-27/h4-7,13,19,21-22H,2-3,8-12,14-17H2,1H3,(H,29,33)(H,34,35)/t19-,21+,22-/m0/s1. The molecule has 188 valence electrons. The third-order valence-corrected chi connectivity index (χ3v) is 8.75. The van der Waals surface area contributed by atoms with Crippen molar-refractivity contribution >= 4 is 11.9 Å². The van der Waals surface area contributed by atoms with Gasteiger partial charge in [0.2, 0.25) is 5.91 Å². The van der Waals surface area contributed by atoms with Crippen LogP contribution < -0.4 is 15.3 Å². The fourth-order valence-electron chi connectivity index (χ4n) is 6.96. The van der Waals surface area contributed by atoms with Crippen molar-refractivity contribution in [1.82, 2.24) is 15.1 Å². The van der Waals surface area contributed by atoms with E-state index in [4.69, 9.17) is 5.10 Å². The summed E-state index contributed by atoms with van der Waals surface area (Å²) in [4.78, 5) is 25.5. The second-order valence-electron chi connectivity index (χ2n) is 11.0. The summed E-state index contributed by atoms with van der Waals surface area (Å²) in [6, 6.07) is 9.01. The maximum Gasteiger partial charge on any atom is 0.220 e. The second-order valence-corrected chi connectivity index (χ2v) is 11.0. The fourth-order valence-corrected chi connectivity index (χ4v) is 6.96. The predicted molar refractivity (Wildman–Crippen MR) is 127 cm³/mol. The molecule has 2 aromatic rings. The Labute approximate surface area is 205 Å². The number of carboxylic acid groups (broad SMARTS) is 1. The Morgan fingerprint density at radius 1 is 1.23 bits per heavy atom. The summed E-state index contributed by atoms with van der Waals surface area (Å²) < 4.78 is 15.3. The number of aryl methyl sites for hydroxylation is 1. The van der Waals surface area contributed by atoms with Crippen molar-refractivity contribution in [2.24, 2.45) is 18.4 Å². The minimum Gasteiger partial charge on any atom is -0.550 e. The summed E-state index contributed by atoms with van der Waals surface area (Å²) in [6.45, 7) is 2.77. The zero-order valence-electron chi connectivity index (χ0n) is 20.4. The number of fused-ring (bicyclic) bond motifs is 3. The number of aliphatic carboxylic acids is 1. The van der Waals surface area contributed by atoms with Gasteiger partial charge in [0.1, 0.15) is 11.9 Å². The molecule has 2 bridgehead atoms. The highest BCUT2D eigenvalue weighted by Gasteiger charge is 2.45. The lowest BCUT2D eigenvalue weighted by Crippen LogP contribution is -3.20. The topological polar surface area (TPSA) is 91.5 Å². The molecule has 35 heavy (non-hydrogen) atoms. The quantitative estimate of drug-likeness (QED) is 0.592. The smallest absolute Gasteiger partial charge is 0.220 e. The van der Waals surface area contributed by atoms with Crippen LogP contribution in [0.5, 0.6) is 0 Å². The van der Waals surface area contributed by atoms with Crippen LogP contribution in [-0.2, 0) is 16.6 Å². The Morgan fingerprint density at radius 3 is 2.63 bits per heavy atom. The molecule has 4 aliphatic rings. The molecule has 1 amide bonds. The van der Waals surface area contributed by atoms with Gasteiger partial charge in [-0.3, -0.25) is 9.48 Å². The van der Waals surface area contributed by atoms with Crippen molar-refractivity contribution in [3.63, 3.8) is 0 Å². The normalized spacial score (nSPS) is 27.1. The van der Waals surface area contributed by atoms with Crippen LogP contribution in [0, 0.1) is 17.2 Å². The molecule has 7 nitrogen and oxygen atoms in total. The van der Waals surface area contributed by atoms with Crippen molar-refractivity contribution in [3.8, 4) is 11.3 Å². The minimum atomic E-state index is -1.05. The highest BCUT2D eigenvalue weighted by molar-refractivity contribution is 5.78. The highest BCUT2D eigenvalue weighted by Crippen LogP contribution is 2.44. The number of piperidine rings is 3. The molecule has 8 heteroatoms. The number of benzene rings is 1. The molecule has 2 N–H and O–H groups in total. The van der Waals surface area contributed by atoms with Gasteiger partial charge in [0.15, 0.2) is 0 Å². The van der Waals surface area contributed by atoms with E-state index in [-0.39, 0.29) is 24.6 Å². The van der Waals surface area contributed by atoms with E-state index in [0.717, 1.165) is 62.9 Å². The molecule has 0 radical (unpaired) electrons. The number of aromatic nitrogens is 2. The van der Waals surface area contributed by atoms with Crippen molar-refractivity contribution in [2.75, 3.05) is 19.6 Å².